The summed E-state index contributed by atoms with van der Waals surface area (Å²) in [5, 5.41) is 0.790. The van der Waals surface area contributed by atoms with Crippen LogP contribution in [0.1, 0.15) is 11.1 Å². The number of H-pyrrole nitrogens is 1. The van der Waals surface area contributed by atoms with E-state index in [9.17, 15) is 17.6 Å². The zero-order valence-corrected chi connectivity index (χ0v) is 17.7. The molecular weight excluding hydrogens is 419 g/mol. The number of nitrogens with one attached hydrogen (secondary N) is 1. The number of sulfone groups is 1. The van der Waals surface area contributed by atoms with Crippen molar-refractivity contribution < 1.29 is 12.8 Å². The number of aromatic nitrogens is 3. The molecule has 0 unspecified atom stereocenters. The molecule has 1 aliphatic rings. The van der Waals surface area contributed by atoms with Crippen LogP contribution < -0.4 is 10.5 Å². The second-order valence-electron chi connectivity index (χ2n) is 7.87. The minimum absolute atomic E-state index is 0.0981. The summed E-state index contributed by atoms with van der Waals surface area (Å²) in [7, 11) is -1.55. The van der Waals surface area contributed by atoms with Gasteiger partial charge in [-0.25, -0.2) is 13.4 Å². The number of halogens is 1. The van der Waals surface area contributed by atoms with Gasteiger partial charge in [0.15, 0.2) is 9.84 Å². The van der Waals surface area contributed by atoms with E-state index >= 15 is 0 Å². The van der Waals surface area contributed by atoms with Crippen molar-refractivity contribution in [2.75, 3.05) is 11.2 Å². The number of benzene rings is 1. The van der Waals surface area contributed by atoms with Crippen molar-refractivity contribution >= 4 is 32.1 Å². The Bertz CT molecular complexity index is 1520. The maximum absolute atomic E-state index is 13.9. The van der Waals surface area contributed by atoms with Crippen LogP contribution >= 0.6 is 0 Å². The third kappa shape index (κ3) is 3.31. The minimum Gasteiger partial charge on any atom is -0.356 e. The van der Waals surface area contributed by atoms with Crippen molar-refractivity contribution in [3.63, 3.8) is 0 Å². The van der Waals surface area contributed by atoms with E-state index in [1.165, 1.54) is 23.1 Å². The number of aromatic amines is 1. The van der Waals surface area contributed by atoms with Crippen LogP contribution in [0.15, 0.2) is 53.7 Å². The quantitative estimate of drug-likeness (QED) is 0.496. The Morgan fingerprint density at radius 3 is 2.74 bits per heavy atom. The van der Waals surface area contributed by atoms with Crippen LogP contribution in [0.2, 0.25) is 0 Å². The van der Waals surface area contributed by atoms with Crippen molar-refractivity contribution in [1.29, 1.82) is 0 Å². The zero-order valence-electron chi connectivity index (χ0n) is 16.9. The van der Waals surface area contributed by atoms with Gasteiger partial charge in [0.05, 0.1) is 12.3 Å². The van der Waals surface area contributed by atoms with Gasteiger partial charge in [-0.1, -0.05) is 6.07 Å². The lowest BCUT2D eigenvalue weighted by atomic mass is 9.99. The molecule has 0 radical (unpaired) electrons. The van der Waals surface area contributed by atoms with Crippen LogP contribution in [-0.4, -0.2) is 29.2 Å². The van der Waals surface area contributed by atoms with Crippen molar-refractivity contribution in [3.8, 4) is 11.1 Å². The van der Waals surface area contributed by atoms with E-state index in [1.54, 1.807) is 31.6 Å². The molecule has 4 aromatic rings. The minimum atomic E-state index is -3.23. The number of aryl methyl sites for hydroxylation is 1. The number of pyridine rings is 2. The molecule has 0 bridgehead atoms. The number of nitrogens with zero attached hydrogens (tertiary/aromatic N) is 3. The van der Waals surface area contributed by atoms with Crippen molar-refractivity contribution in [2.24, 2.45) is 7.05 Å². The number of rotatable bonds is 3. The summed E-state index contributed by atoms with van der Waals surface area (Å²) < 4.78 is 39.2. The summed E-state index contributed by atoms with van der Waals surface area (Å²) in [5.41, 5.74) is 4.86. The van der Waals surface area contributed by atoms with E-state index in [4.69, 9.17) is 0 Å². The Hall–Kier alpha value is -3.46. The Balaban J connectivity index is 1.84. The first kappa shape index (κ1) is 19.5. The van der Waals surface area contributed by atoms with Crippen molar-refractivity contribution in [3.05, 3.63) is 76.4 Å². The van der Waals surface area contributed by atoms with Crippen molar-refractivity contribution in [1.82, 2.24) is 14.5 Å². The molecule has 0 spiro atoms. The molecule has 0 saturated heterocycles. The first-order valence-electron chi connectivity index (χ1n) is 9.61. The molecule has 1 N–H and O–H groups in total. The van der Waals surface area contributed by atoms with Crippen LogP contribution in [0.5, 0.6) is 0 Å². The molecule has 5 rings (SSSR count). The third-order valence-corrected chi connectivity index (χ3v) is 6.37. The Morgan fingerprint density at radius 2 is 2.00 bits per heavy atom. The molecule has 0 atom stereocenters. The second kappa shape index (κ2) is 6.78. The van der Waals surface area contributed by atoms with Gasteiger partial charge in [0.2, 0.25) is 5.95 Å². The fraction of sp³-hybridized carbons (Fsp3) is 0.182. The van der Waals surface area contributed by atoms with Crippen LogP contribution in [0, 0.1) is 5.95 Å². The Kier molecular flexibility index (Phi) is 4.26. The van der Waals surface area contributed by atoms with Gasteiger partial charge in [-0.05, 0) is 29.3 Å². The number of hydrogen-bond acceptors (Lipinski definition) is 5. The summed E-state index contributed by atoms with van der Waals surface area (Å²) in [6.07, 6.45) is 6.16. The molecule has 0 fully saturated rings. The fourth-order valence-corrected chi connectivity index (χ4v) is 5.02. The van der Waals surface area contributed by atoms with E-state index < -0.39 is 15.8 Å². The highest BCUT2D eigenvalue weighted by atomic mass is 32.2. The van der Waals surface area contributed by atoms with Gasteiger partial charge >= 0.3 is 0 Å². The first-order chi connectivity index (χ1) is 14.7. The van der Waals surface area contributed by atoms with Gasteiger partial charge in [-0.3, -0.25) is 4.79 Å². The average molecular weight is 438 g/mol. The second-order valence-corrected chi connectivity index (χ2v) is 10.0. The highest BCUT2D eigenvalue weighted by Gasteiger charge is 2.26. The van der Waals surface area contributed by atoms with E-state index in [2.05, 4.69) is 9.97 Å². The van der Waals surface area contributed by atoms with Gasteiger partial charge < -0.3 is 14.5 Å². The molecule has 1 aliphatic heterocycles. The molecule has 3 aromatic heterocycles. The highest BCUT2D eigenvalue weighted by Crippen LogP contribution is 2.43. The zero-order chi connectivity index (χ0) is 21.9. The number of hydrogen-bond donors (Lipinski definition) is 1. The van der Waals surface area contributed by atoms with E-state index in [1.807, 2.05) is 17.0 Å². The van der Waals surface area contributed by atoms with Crippen LogP contribution in [0.4, 0.5) is 15.8 Å². The standard InChI is InChI=1S/C22H19FN4O3S/c1-26-11-17-16-7-13(12-31(2,29)30)3-4-18(16)27(15-5-6-24-19(23)8-15)10-14-9-25-21(20(14)17)22(26)28/h3-9,11,25H,10,12H2,1-2H3. The summed E-state index contributed by atoms with van der Waals surface area (Å²) in [6, 6.07) is 8.53. The largest absolute Gasteiger partial charge is 0.356 e. The monoisotopic (exact) mass is 438 g/mol. The number of fused-ring (bicyclic) bond motifs is 2. The molecule has 31 heavy (non-hydrogen) atoms. The van der Waals surface area contributed by atoms with Crippen LogP contribution in [0.25, 0.3) is 22.0 Å². The van der Waals surface area contributed by atoms with Gasteiger partial charge in [0, 0.05) is 65.8 Å². The SMILES string of the molecule is Cn1cc2c3c(c[nH]c3c1=O)CN(c1ccnc(F)c1)c1ccc(CS(C)(=O)=O)cc1-2. The lowest BCUT2D eigenvalue weighted by Gasteiger charge is -2.26. The average Bonchev–Trinajstić information content (AvgIpc) is 3.06. The molecule has 0 amide bonds. The van der Waals surface area contributed by atoms with Crippen LogP contribution in [0.3, 0.4) is 0 Å². The Labute approximate surface area is 177 Å². The summed E-state index contributed by atoms with van der Waals surface area (Å²) >= 11 is 0. The maximum Gasteiger partial charge on any atom is 0.274 e. The highest BCUT2D eigenvalue weighted by molar-refractivity contribution is 7.89. The smallest absolute Gasteiger partial charge is 0.274 e. The van der Waals surface area contributed by atoms with Gasteiger partial charge in [-0.15, -0.1) is 0 Å². The van der Waals surface area contributed by atoms with E-state index in [0.717, 1.165) is 27.8 Å². The Morgan fingerprint density at radius 1 is 1.19 bits per heavy atom. The lowest BCUT2D eigenvalue weighted by molar-refractivity contribution is 0.583. The maximum atomic E-state index is 13.9. The van der Waals surface area contributed by atoms with E-state index in [0.29, 0.717) is 23.3 Å². The summed E-state index contributed by atoms with van der Waals surface area (Å²) in [5.74, 6) is -0.694. The molecule has 0 saturated carbocycles. The topological polar surface area (TPSA) is 88.1 Å². The molecule has 158 valence electrons. The van der Waals surface area contributed by atoms with Gasteiger partial charge in [0.1, 0.15) is 5.52 Å². The molecule has 7 nitrogen and oxygen atoms in total. The molecule has 9 heteroatoms. The lowest BCUT2D eigenvalue weighted by Crippen LogP contribution is -2.17. The first-order valence-corrected chi connectivity index (χ1v) is 11.7. The molecule has 0 aliphatic carbocycles. The molecule has 4 heterocycles. The van der Waals surface area contributed by atoms with Gasteiger partial charge in [-0.2, -0.15) is 4.39 Å². The molecule has 1 aromatic carbocycles. The predicted molar refractivity (Wildman–Crippen MR) is 118 cm³/mol. The number of anilines is 2. The van der Waals surface area contributed by atoms with Gasteiger partial charge in [0.25, 0.3) is 5.56 Å². The van der Waals surface area contributed by atoms with E-state index in [-0.39, 0.29) is 11.3 Å². The summed E-state index contributed by atoms with van der Waals surface area (Å²) in [4.78, 5) is 21.4. The third-order valence-electron chi connectivity index (χ3n) is 5.51. The van der Waals surface area contributed by atoms with Crippen LogP contribution in [-0.2, 0) is 29.2 Å². The fourth-order valence-electron chi connectivity index (χ4n) is 4.24. The predicted octanol–water partition coefficient (Wildman–Crippen LogP) is 3.26. The van der Waals surface area contributed by atoms with Crippen molar-refractivity contribution in [2.45, 2.75) is 12.3 Å². The molecular formula is C22H19FN4O3S. The summed E-state index contributed by atoms with van der Waals surface area (Å²) in [6.45, 7) is 0.405. The normalized spacial score (nSPS) is 13.3.